The molecule has 2 aromatic rings. The van der Waals surface area contributed by atoms with Crippen molar-refractivity contribution in [3.63, 3.8) is 0 Å². The zero-order valence-corrected chi connectivity index (χ0v) is 14.4. The summed E-state index contributed by atoms with van der Waals surface area (Å²) in [6, 6.07) is 7.23. The van der Waals surface area contributed by atoms with Crippen LogP contribution in [0.2, 0.25) is 0 Å². The zero-order valence-electron chi connectivity index (χ0n) is 13.6. The Hall–Kier alpha value is -1.79. The average Bonchev–Trinajstić information content (AvgIpc) is 3.20. The van der Waals surface area contributed by atoms with Crippen LogP contribution >= 0.6 is 11.3 Å². The molecule has 4 rings (SSSR count). The first-order chi connectivity index (χ1) is 11.6. The summed E-state index contributed by atoms with van der Waals surface area (Å²) in [5.74, 6) is 0.00543. The summed E-state index contributed by atoms with van der Waals surface area (Å²) < 4.78 is 13.4. The largest absolute Gasteiger partial charge is 0.332 e. The molecule has 3 heterocycles. The number of carbonyl (C=O) groups is 1. The third-order valence-electron chi connectivity index (χ3n) is 5.00. The summed E-state index contributed by atoms with van der Waals surface area (Å²) in [6.07, 6.45) is 1.54. The maximum atomic E-state index is 13.4. The quantitative estimate of drug-likeness (QED) is 0.855. The Bertz CT molecular complexity index is 762. The molecule has 24 heavy (non-hydrogen) atoms. The van der Waals surface area contributed by atoms with Gasteiger partial charge in [0.2, 0.25) is 5.91 Å². The number of benzene rings is 1. The van der Waals surface area contributed by atoms with Gasteiger partial charge in [0.05, 0.1) is 17.2 Å². The van der Waals surface area contributed by atoms with Crippen LogP contribution in [0.15, 0.2) is 29.6 Å². The number of amides is 1. The number of aromatic nitrogens is 1. The highest BCUT2D eigenvalue weighted by Gasteiger charge is 2.46. The summed E-state index contributed by atoms with van der Waals surface area (Å²) >= 11 is 1.62. The number of rotatable bonds is 4. The van der Waals surface area contributed by atoms with Crippen molar-refractivity contribution >= 4 is 17.2 Å². The summed E-state index contributed by atoms with van der Waals surface area (Å²) in [6.45, 7) is 4.25. The van der Waals surface area contributed by atoms with Gasteiger partial charge in [-0.3, -0.25) is 9.69 Å². The summed E-state index contributed by atoms with van der Waals surface area (Å²) in [4.78, 5) is 21.3. The lowest BCUT2D eigenvalue weighted by atomic mass is 10.1. The van der Waals surface area contributed by atoms with Crippen LogP contribution in [-0.4, -0.2) is 39.3 Å². The molecular formula is C18H20FN3OS. The van der Waals surface area contributed by atoms with Crippen molar-refractivity contribution in [2.45, 2.75) is 44.9 Å². The fourth-order valence-corrected chi connectivity index (χ4v) is 4.54. The van der Waals surface area contributed by atoms with E-state index in [1.54, 1.807) is 23.5 Å². The molecule has 2 aliphatic rings. The van der Waals surface area contributed by atoms with E-state index in [2.05, 4.69) is 9.88 Å². The van der Waals surface area contributed by atoms with Gasteiger partial charge in [-0.15, -0.1) is 11.3 Å². The van der Waals surface area contributed by atoms with E-state index in [-0.39, 0.29) is 23.8 Å². The van der Waals surface area contributed by atoms with Crippen molar-refractivity contribution in [1.29, 1.82) is 0 Å². The van der Waals surface area contributed by atoms with Crippen molar-refractivity contribution in [2.75, 3.05) is 6.54 Å². The number of nitrogens with zero attached hydrogens (tertiary/aromatic N) is 3. The molecule has 6 heteroatoms. The second kappa shape index (κ2) is 6.26. The molecule has 0 N–H and O–H groups in total. The lowest BCUT2D eigenvalue weighted by Gasteiger charge is -2.25. The predicted molar refractivity (Wildman–Crippen MR) is 91.0 cm³/mol. The molecule has 0 bridgehead atoms. The standard InChI is InChI=1S/C18H20FN3OS/c1-12-20-15(11-24-12)10-22-16-5-6-21(17(16)8-18(22)23)9-13-3-2-4-14(19)7-13/h2-4,7,11,16-17H,5-6,8-10H2,1H3/t16-,17+/m1/s1. The number of hydrogen-bond acceptors (Lipinski definition) is 4. The molecule has 2 saturated heterocycles. The van der Waals surface area contributed by atoms with Crippen LogP contribution in [0.4, 0.5) is 4.39 Å². The number of fused-ring (bicyclic) bond motifs is 1. The van der Waals surface area contributed by atoms with Gasteiger partial charge in [-0.2, -0.15) is 0 Å². The number of thiazole rings is 1. The Morgan fingerprint density at radius 1 is 1.33 bits per heavy atom. The first kappa shape index (κ1) is 15.7. The number of likely N-dealkylation sites (tertiary alicyclic amines) is 2. The predicted octanol–water partition coefficient (Wildman–Crippen LogP) is 2.97. The van der Waals surface area contributed by atoms with Crippen molar-refractivity contribution in [1.82, 2.24) is 14.8 Å². The van der Waals surface area contributed by atoms with Gasteiger partial charge in [-0.25, -0.2) is 9.37 Å². The van der Waals surface area contributed by atoms with Crippen LogP contribution in [0, 0.1) is 12.7 Å². The third kappa shape index (κ3) is 2.96. The van der Waals surface area contributed by atoms with Crippen LogP contribution in [0.5, 0.6) is 0 Å². The zero-order chi connectivity index (χ0) is 16.7. The second-order valence-electron chi connectivity index (χ2n) is 6.61. The van der Waals surface area contributed by atoms with Gasteiger partial charge in [-0.1, -0.05) is 12.1 Å². The van der Waals surface area contributed by atoms with Crippen molar-refractivity contribution in [3.8, 4) is 0 Å². The van der Waals surface area contributed by atoms with E-state index in [0.29, 0.717) is 19.5 Å². The highest BCUT2D eigenvalue weighted by atomic mass is 32.1. The minimum Gasteiger partial charge on any atom is -0.332 e. The lowest BCUT2D eigenvalue weighted by molar-refractivity contribution is -0.129. The SMILES string of the molecule is Cc1nc(CN2C(=O)C[C@H]3[C@H]2CCN3Cc2cccc(F)c2)cs1. The Morgan fingerprint density at radius 2 is 2.21 bits per heavy atom. The minimum absolute atomic E-state index is 0.203. The van der Waals surface area contributed by atoms with Gasteiger partial charge < -0.3 is 4.90 Å². The summed E-state index contributed by atoms with van der Waals surface area (Å²) in [7, 11) is 0. The van der Waals surface area contributed by atoms with Crippen molar-refractivity contribution < 1.29 is 9.18 Å². The van der Waals surface area contributed by atoms with Crippen LogP contribution in [-0.2, 0) is 17.9 Å². The summed E-state index contributed by atoms with van der Waals surface area (Å²) in [5.41, 5.74) is 1.95. The maximum Gasteiger partial charge on any atom is 0.224 e. The Labute approximate surface area is 144 Å². The number of hydrogen-bond donors (Lipinski definition) is 0. The third-order valence-corrected chi connectivity index (χ3v) is 5.83. The van der Waals surface area contributed by atoms with E-state index in [1.807, 2.05) is 23.3 Å². The lowest BCUT2D eigenvalue weighted by Crippen LogP contribution is -2.36. The fraction of sp³-hybridized carbons (Fsp3) is 0.444. The number of aryl methyl sites for hydroxylation is 1. The van der Waals surface area contributed by atoms with Gasteiger partial charge in [0.25, 0.3) is 0 Å². The highest BCUT2D eigenvalue weighted by molar-refractivity contribution is 7.09. The van der Waals surface area contributed by atoms with Gasteiger partial charge in [-0.05, 0) is 31.0 Å². The van der Waals surface area contributed by atoms with E-state index in [4.69, 9.17) is 0 Å². The molecule has 126 valence electrons. The van der Waals surface area contributed by atoms with Gasteiger partial charge >= 0.3 is 0 Å². The van der Waals surface area contributed by atoms with E-state index in [0.717, 1.165) is 29.2 Å². The molecule has 0 spiro atoms. The fourth-order valence-electron chi connectivity index (χ4n) is 3.94. The van der Waals surface area contributed by atoms with Crippen LogP contribution < -0.4 is 0 Å². The molecule has 4 nitrogen and oxygen atoms in total. The molecule has 1 amide bonds. The van der Waals surface area contributed by atoms with Crippen LogP contribution in [0.25, 0.3) is 0 Å². The highest BCUT2D eigenvalue weighted by Crippen LogP contribution is 2.34. The molecule has 0 saturated carbocycles. The molecule has 0 unspecified atom stereocenters. The van der Waals surface area contributed by atoms with Gasteiger partial charge in [0.15, 0.2) is 0 Å². The van der Waals surface area contributed by atoms with E-state index in [1.165, 1.54) is 6.07 Å². The number of halogens is 1. The van der Waals surface area contributed by atoms with E-state index >= 15 is 0 Å². The Morgan fingerprint density at radius 3 is 2.96 bits per heavy atom. The molecule has 2 atom stereocenters. The molecule has 1 aromatic heterocycles. The monoisotopic (exact) mass is 345 g/mol. The van der Waals surface area contributed by atoms with Gasteiger partial charge in [0, 0.05) is 37.0 Å². The Kier molecular flexibility index (Phi) is 4.10. The topological polar surface area (TPSA) is 36.4 Å². The van der Waals surface area contributed by atoms with Crippen molar-refractivity contribution in [2.24, 2.45) is 0 Å². The minimum atomic E-state index is -0.203. The van der Waals surface area contributed by atoms with E-state index in [9.17, 15) is 9.18 Å². The normalized spacial score (nSPS) is 23.9. The average molecular weight is 345 g/mol. The molecule has 1 aromatic carbocycles. The molecule has 2 fully saturated rings. The maximum absolute atomic E-state index is 13.4. The Balaban J connectivity index is 1.46. The van der Waals surface area contributed by atoms with Crippen LogP contribution in [0.3, 0.4) is 0 Å². The first-order valence-corrected chi connectivity index (χ1v) is 9.17. The number of carbonyl (C=O) groups excluding carboxylic acids is 1. The molecule has 0 aliphatic carbocycles. The summed E-state index contributed by atoms with van der Waals surface area (Å²) in [5, 5.41) is 3.07. The van der Waals surface area contributed by atoms with Gasteiger partial charge in [0.1, 0.15) is 5.82 Å². The van der Waals surface area contributed by atoms with Crippen molar-refractivity contribution in [3.05, 3.63) is 51.7 Å². The molecular weight excluding hydrogens is 325 g/mol. The molecule has 2 aliphatic heterocycles. The molecule has 0 radical (unpaired) electrons. The second-order valence-corrected chi connectivity index (χ2v) is 7.67. The smallest absolute Gasteiger partial charge is 0.224 e. The first-order valence-electron chi connectivity index (χ1n) is 8.29. The van der Waals surface area contributed by atoms with E-state index < -0.39 is 0 Å². The van der Waals surface area contributed by atoms with Crippen LogP contribution in [0.1, 0.15) is 29.1 Å².